The first-order chi connectivity index (χ1) is 16.5. The molecule has 1 saturated carbocycles. The SMILES string of the molecule is CC[C@H](NC(=O)OCC1c2ccccc2-c2ccccc21)C(=O)NCC1CCC(CC(=O)O)C1. The number of nitrogens with one attached hydrogen (secondary N) is 2. The number of carboxylic acids is 1. The van der Waals surface area contributed by atoms with Gasteiger partial charge in [-0.05, 0) is 59.8 Å². The first-order valence-corrected chi connectivity index (χ1v) is 12.1. The second-order valence-electron chi connectivity index (χ2n) is 9.32. The molecule has 2 amide bonds. The summed E-state index contributed by atoms with van der Waals surface area (Å²) in [6.45, 7) is 2.54. The highest BCUT2D eigenvalue weighted by Gasteiger charge is 2.30. The van der Waals surface area contributed by atoms with Crippen LogP contribution in [0.3, 0.4) is 0 Å². The van der Waals surface area contributed by atoms with Crippen molar-refractivity contribution in [3.8, 4) is 11.1 Å². The van der Waals surface area contributed by atoms with Gasteiger partial charge in [-0.15, -0.1) is 0 Å². The molecule has 3 atom stereocenters. The minimum Gasteiger partial charge on any atom is -0.481 e. The summed E-state index contributed by atoms with van der Waals surface area (Å²) in [6, 6.07) is 15.6. The fraction of sp³-hybridized carbons (Fsp3) is 0.444. The molecule has 3 N–H and O–H groups in total. The van der Waals surface area contributed by atoms with Crippen LogP contribution in [0.15, 0.2) is 48.5 Å². The lowest BCUT2D eigenvalue weighted by atomic mass is 9.98. The van der Waals surface area contributed by atoms with E-state index in [1.54, 1.807) is 0 Å². The Kier molecular flexibility index (Phi) is 7.50. The van der Waals surface area contributed by atoms with Crippen LogP contribution >= 0.6 is 0 Å². The first-order valence-electron chi connectivity index (χ1n) is 12.1. The molecule has 0 heterocycles. The van der Waals surface area contributed by atoms with E-state index in [4.69, 9.17) is 9.84 Å². The number of carboxylic acid groups (broad SMARTS) is 1. The molecular weight excluding hydrogens is 432 g/mol. The number of ether oxygens (including phenoxy) is 1. The summed E-state index contributed by atoms with van der Waals surface area (Å²) in [6.07, 6.45) is 2.62. The summed E-state index contributed by atoms with van der Waals surface area (Å²) in [5, 5.41) is 14.6. The van der Waals surface area contributed by atoms with Crippen molar-refractivity contribution >= 4 is 18.0 Å². The minimum atomic E-state index is -0.770. The highest BCUT2D eigenvalue weighted by molar-refractivity contribution is 5.85. The minimum absolute atomic E-state index is 0.0341. The number of hydrogen-bond donors (Lipinski definition) is 3. The molecule has 2 aliphatic rings. The lowest BCUT2D eigenvalue weighted by Crippen LogP contribution is -2.47. The Labute approximate surface area is 199 Å². The fourth-order valence-corrected chi connectivity index (χ4v) is 5.30. The van der Waals surface area contributed by atoms with E-state index < -0.39 is 18.1 Å². The van der Waals surface area contributed by atoms with Gasteiger partial charge in [0.2, 0.25) is 5.91 Å². The lowest BCUT2D eigenvalue weighted by Gasteiger charge is -2.20. The number of alkyl carbamates (subject to hydrolysis) is 1. The van der Waals surface area contributed by atoms with Crippen LogP contribution in [0.5, 0.6) is 0 Å². The summed E-state index contributed by atoms with van der Waals surface area (Å²) in [5.41, 5.74) is 4.60. The summed E-state index contributed by atoms with van der Waals surface area (Å²) in [4.78, 5) is 36.1. The van der Waals surface area contributed by atoms with Crippen LogP contribution < -0.4 is 10.6 Å². The van der Waals surface area contributed by atoms with Crippen molar-refractivity contribution < 1.29 is 24.2 Å². The highest BCUT2D eigenvalue weighted by Crippen LogP contribution is 2.44. The molecule has 34 heavy (non-hydrogen) atoms. The number of aliphatic carboxylic acids is 1. The molecule has 2 aromatic carbocycles. The highest BCUT2D eigenvalue weighted by atomic mass is 16.5. The molecule has 180 valence electrons. The average molecular weight is 465 g/mol. The summed E-state index contributed by atoms with van der Waals surface area (Å²) in [5.74, 6) is -0.584. The zero-order valence-corrected chi connectivity index (χ0v) is 19.5. The van der Waals surface area contributed by atoms with Crippen LogP contribution in [0, 0.1) is 11.8 Å². The van der Waals surface area contributed by atoms with Crippen LogP contribution in [0.2, 0.25) is 0 Å². The van der Waals surface area contributed by atoms with E-state index in [1.807, 2.05) is 31.2 Å². The standard InChI is InChI=1S/C27H32N2O5/c1-2-24(26(32)28-15-18-12-11-17(13-18)14-25(30)31)29-27(33)34-16-23-21-9-5-3-7-19(21)20-8-4-6-10-22(20)23/h3-10,17-18,23-24H,2,11-16H2,1H3,(H,28,32)(H,29,33)(H,30,31)/t17?,18?,24-/m0/s1. The van der Waals surface area contributed by atoms with Crippen molar-refractivity contribution in [2.24, 2.45) is 11.8 Å². The predicted molar refractivity (Wildman–Crippen MR) is 128 cm³/mol. The van der Waals surface area contributed by atoms with Gasteiger partial charge in [-0.25, -0.2) is 4.79 Å². The van der Waals surface area contributed by atoms with E-state index >= 15 is 0 Å². The van der Waals surface area contributed by atoms with Gasteiger partial charge in [-0.2, -0.15) is 0 Å². The molecule has 7 nitrogen and oxygen atoms in total. The number of fused-ring (bicyclic) bond motifs is 3. The Hall–Kier alpha value is -3.35. The largest absolute Gasteiger partial charge is 0.481 e. The molecule has 0 saturated heterocycles. The summed E-state index contributed by atoms with van der Waals surface area (Å²) >= 11 is 0. The number of rotatable bonds is 9. The molecule has 0 aliphatic heterocycles. The monoisotopic (exact) mass is 464 g/mol. The predicted octanol–water partition coefficient (Wildman–Crippen LogP) is 4.31. The molecule has 7 heteroatoms. The van der Waals surface area contributed by atoms with Crippen molar-refractivity contribution in [2.45, 2.75) is 51.0 Å². The second kappa shape index (κ2) is 10.7. The van der Waals surface area contributed by atoms with Crippen LogP contribution in [-0.4, -0.2) is 42.3 Å². The van der Waals surface area contributed by atoms with Crippen molar-refractivity contribution in [3.63, 3.8) is 0 Å². The zero-order valence-electron chi connectivity index (χ0n) is 19.5. The third-order valence-electron chi connectivity index (χ3n) is 7.04. The Morgan fingerprint density at radius 3 is 2.24 bits per heavy atom. The summed E-state index contributed by atoms with van der Waals surface area (Å²) < 4.78 is 5.57. The Bertz CT molecular complexity index is 1010. The van der Waals surface area contributed by atoms with Gasteiger partial charge in [-0.1, -0.05) is 55.5 Å². The molecule has 1 fully saturated rings. The lowest BCUT2D eigenvalue weighted by molar-refractivity contribution is -0.138. The van der Waals surface area contributed by atoms with Crippen LogP contribution in [-0.2, 0) is 14.3 Å². The smallest absolute Gasteiger partial charge is 0.407 e. The van der Waals surface area contributed by atoms with Gasteiger partial charge in [0.1, 0.15) is 12.6 Å². The maximum atomic E-state index is 12.6. The molecule has 2 aromatic rings. The fourth-order valence-electron chi connectivity index (χ4n) is 5.30. The Morgan fingerprint density at radius 2 is 1.62 bits per heavy atom. The van der Waals surface area contributed by atoms with Crippen molar-refractivity contribution in [3.05, 3.63) is 59.7 Å². The maximum absolute atomic E-state index is 12.6. The number of carbonyl (C=O) groups excluding carboxylic acids is 2. The van der Waals surface area contributed by atoms with E-state index in [-0.39, 0.29) is 36.7 Å². The second-order valence-corrected chi connectivity index (χ2v) is 9.32. The van der Waals surface area contributed by atoms with Crippen molar-refractivity contribution in [2.75, 3.05) is 13.2 Å². The molecule has 4 rings (SSSR count). The average Bonchev–Trinajstić information content (AvgIpc) is 3.41. The molecule has 2 unspecified atom stereocenters. The Balaban J connectivity index is 1.27. The zero-order chi connectivity index (χ0) is 24.1. The van der Waals surface area contributed by atoms with E-state index in [2.05, 4.69) is 34.9 Å². The van der Waals surface area contributed by atoms with Gasteiger partial charge >= 0.3 is 12.1 Å². The third kappa shape index (κ3) is 5.41. The topological polar surface area (TPSA) is 105 Å². The van der Waals surface area contributed by atoms with E-state index in [0.717, 1.165) is 41.5 Å². The molecule has 0 bridgehead atoms. The van der Waals surface area contributed by atoms with Crippen molar-refractivity contribution in [1.82, 2.24) is 10.6 Å². The molecule has 0 radical (unpaired) electrons. The van der Waals surface area contributed by atoms with Crippen LogP contribution in [0.25, 0.3) is 11.1 Å². The van der Waals surface area contributed by atoms with Gasteiger partial charge in [0.05, 0.1) is 0 Å². The summed E-state index contributed by atoms with van der Waals surface area (Å²) in [7, 11) is 0. The number of carbonyl (C=O) groups is 3. The van der Waals surface area contributed by atoms with E-state index in [1.165, 1.54) is 0 Å². The number of benzene rings is 2. The van der Waals surface area contributed by atoms with E-state index in [0.29, 0.717) is 13.0 Å². The Morgan fingerprint density at radius 1 is 1.00 bits per heavy atom. The van der Waals surface area contributed by atoms with Gasteiger partial charge in [0, 0.05) is 18.9 Å². The maximum Gasteiger partial charge on any atom is 0.407 e. The molecular formula is C27H32N2O5. The van der Waals surface area contributed by atoms with Gasteiger partial charge in [0.15, 0.2) is 0 Å². The van der Waals surface area contributed by atoms with Crippen LogP contribution in [0.1, 0.15) is 56.1 Å². The number of hydrogen-bond acceptors (Lipinski definition) is 4. The third-order valence-corrected chi connectivity index (χ3v) is 7.04. The van der Waals surface area contributed by atoms with E-state index in [9.17, 15) is 14.4 Å². The van der Waals surface area contributed by atoms with Gasteiger partial charge in [-0.3, -0.25) is 9.59 Å². The normalized spacial score (nSPS) is 19.7. The first kappa shape index (κ1) is 23.8. The molecule has 2 aliphatic carbocycles. The van der Waals surface area contributed by atoms with Crippen LogP contribution in [0.4, 0.5) is 4.79 Å². The molecule has 0 aromatic heterocycles. The van der Waals surface area contributed by atoms with Crippen molar-refractivity contribution in [1.29, 1.82) is 0 Å². The van der Waals surface area contributed by atoms with Gasteiger partial charge in [0.25, 0.3) is 0 Å². The quantitative estimate of drug-likeness (QED) is 0.513. The molecule has 0 spiro atoms. The van der Waals surface area contributed by atoms with Gasteiger partial charge < -0.3 is 20.5 Å². The number of amides is 2.